The van der Waals surface area contributed by atoms with Gasteiger partial charge in [0.25, 0.3) is 15.9 Å². The van der Waals surface area contributed by atoms with Gasteiger partial charge in [-0.25, -0.2) is 12.7 Å². The molecule has 0 aliphatic carbocycles. The summed E-state index contributed by atoms with van der Waals surface area (Å²) in [6, 6.07) is 12.4. The van der Waals surface area contributed by atoms with Crippen LogP contribution in [-0.4, -0.2) is 54.5 Å². The minimum absolute atomic E-state index is 0.0147. The van der Waals surface area contributed by atoms with Crippen LogP contribution in [0.25, 0.3) is 0 Å². The van der Waals surface area contributed by atoms with Gasteiger partial charge in [-0.15, -0.1) is 0 Å². The maximum atomic E-state index is 13.2. The number of carbonyl (C=O) groups is 3. The average molecular weight is 506 g/mol. The number of hydrogen-bond acceptors (Lipinski definition) is 5. The summed E-state index contributed by atoms with van der Waals surface area (Å²) in [5.74, 6) is -1.13. The molecule has 0 unspecified atom stereocenters. The van der Waals surface area contributed by atoms with Crippen LogP contribution in [0.1, 0.15) is 49.0 Å². The summed E-state index contributed by atoms with van der Waals surface area (Å²) in [7, 11) is -3.93. The first-order valence-electron chi connectivity index (χ1n) is 11.2. The SMILES string of the molecule is CCNC(=O)[C@H](CC)N(Cc1ccc(Cl)cc1)C(=O)CCCN1C(=O)c2ccccc2S1(=O)=O. The summed E-state index contributed by atoms with van der Waals surface area (Å²) in [6.07, 6.45) is 0.541. The zero-order valence-corrected chi connectivity index (χ0v) is 20.7. The van der Waals surface area contributed by atoms with E-state index in [1.807, 2.05) is 13.8 Å². The molecule has 1 heterocycles. The maximum Gasteiger partial charge on any atom is 0.269 e. The molecule has 182 valence electrons. The summed E-state index contributed by atoms with van der Waals surface area (Å²) >= 11 is 5.97. The molecule has 0 saturated heterocycles. The number of likely N-dealkylation sites (N-methyl/N-ethyl adjacent to an activating group) is 1. The van der Waals surface area contributed by atoms with E-state index in [0.717, 1.165) is 9.87 Å². The van der Waals surface area contributed by atoms with E-state index in [1.165, 1.54) is 17.0 Å². The number of sulfonamides is 1. The molecular weight excluding hydrogens is 478 g/mol. The molecular formula is C24H28ClN3O5S. The Kier molecular flexibility index (Phi) is 8.33. The maximum absolute atomic E-state index is 13.2. The van der Waals surface area contributed by atoms with Gasteiger partial charge < -0.3 is 10.2 Å². The highest BCUT2D eigenvalue weighted by atomic mass is 35.5. The van der Waals surface area contributed by atoms with Gasteiger partial charge in [0.05, 0.1) is 5.56 Å². The molecule has 8 nitrogen and oxygen atoms in total. The fraction of sp³-hybridized carbons (Fsp3) is 0.375. The van der Waals surface area contributed by atoms with E-state index in [9.17, 15) is 22.8 Å². The van der Waals surface area contributed by atoms with E-state index in [4.69, 9.17) is 11.6 Å². The highest BCUT2D eigenvalue weighted by Gasteiger charge is 2.40. The van der Waals surface area contributed by atoms with Gasteiger partial charge in [0.2, 0.25) is 11.8 Å². The second-order valence-corrected chi connectivity index (χ2v) is 10.2. The molecule has 0 fully saturated rings. The van der Waals surface area contributed by atoms with Crippen LogP contribution < -0.4 is 5.32 Å². The van der Waals surface area contributed by atoms with E-state index >= 15 is 0 Å². The Balaban J connectivity index is 1.73. The van der Waals surface area contributed by atoms with E-state index in [0.29, 0.717) is 18.0 Å². The Morgan fingerprint density at radius 2 is 1.76 bits per heavy atom. The average Bonchev–Trinajstić information content (AvgIpc) is 3.01. The van der Waals surface area contributed by atoms with Crippen molar-refractivity contribution in [2.75, 3.05) is 13.1 Å². The highest BCUT2D eigenvalue weighted by molar-refractivity contribution is 7.90. The van der Waals surface area contributed by atoms with Crippen LogP contribution in [-0.2, 0) is 26.2 Å². The minimum atomic E-state index is -3.93. The normalized spacial score (nSPS) is 15.0. The summed E-state index contributed by atoms with van der Waals surface area (Å²) < 4.78 is 26.3. The number of fused-ring (bicyclic) bond motifs is 1. The van der Waals surface area contributed by atoms with Gasteiger partial charge in [0.15, 0.2) is 0 Å². The van der Waals surface area contributed by atoms with E-state index in [-0.39, 0.29) is 48.2 Å². The second-order valence-electron chi connectivity index (χ2n) is 7.95. The number of halogens is 1. The number of nitrogens with one attached hydrogen (secondary N) is 1. The molecule has 2 aromatic carbocycles. The largest absolute Gasteiger partial charge is 0.355 e. The van der Waals surface area contributed by atoms with Crippen molar-refractivity contribution in [2.45, 2.75) is 50.6 Å². The molecule has 1 aliphatic heterocycles. The van der Waals surface area contributed by atoms with Gasteiger partial charge in [0, 0.05) is 31.1 Å². The van der Waals surface area contributed by atoms with E-state index in [1.54, 1.807) is 36.4 Å². The number of benzene rings is 2. The molecule has 0 saturated carbocycles. The lowest BCUT2D eigenvalue weighted by molar-refractivity contribution is -0.141. The standard InChI is InChI=1S/C24H28ClN3O5S/c1-3-20(23(30)26-4-2)27(16-17-11-13-18(25)14-12-17)22(29)10-7-15-28-24(31)19-8-5-6-9-21(19)34(28,32)33/h5-6,8-9,11-14,20H,3-4,7,10,15-16H2,1-2H3,(H,26,30)/t20-/m0/s1. The minimum Gasteiger partial charge on any atom is -0.355 e. The lowest BCUT2D eigenvalue weighted by Gasteiger charge is -2.31. The molecule has 1 aliphatic rings. The van der Waals surface area contributed by atoms with Crippen LogP contribution in [0, 0.1) is 0 Å². The molecule has 1 atom stereocenters. The Labute approximate surface area is 204 Å². The molecule has 3 amide bonds. The highest BCUT2D eigenvalue weighted by Crippen LogP contribution is 2.30. The molecule has 0 bridgehead atoms. The zero-order chi connectivity index (χ0) is 24.9. The monoisotopic (exact) mass is 505 g/mol. The Bertz CT molecular complexity index is 1170. The molecule has 0 aromatic heterocycles. The first-order chi connectivity index (χ1) is 16.2. The molecule has 3 rings (SSSR count). The van der Waals surface area contributed by atoms with Crippen molar-refractivity contribution in [3.8, 4) is 0 Å². The van der Waals surface area contributed by atoms with Crippen molar-refractivity contribution in [1.29, 1.82) is 0 Å². The number of amides is 3. The van der Waals surface area contributed by atoms with E-state index < -0.39 is 22.0 Å². The van der Waals surface area contributed by atoms with Gasteiger partial charge in [0.1, 0.15) is 10.9 Å². The lowest BCUT2D eigenvalue weighted by atomic mass is 10.1. The van der Waals surface area contributed by atoms with Crippen LogP contribution in [0.15, 0.2) is 53.4 Å². The zero-order valence-electron chi connectivity index (χ0n) is 19.2. The van der Waals surface area contributed by atoms with Crippen LogP contribution in [0.5, 0.6) is 0 Å². The molecule has 34 heavy (non-hydrogen) atoms. The quantitative estimate of drug-likeness (QED) is 0.534. The summed E-state index contributed by atoms with van der Waals surface area (Å²) in [5.41, 5.74) is 0.953. The van der Waals surface area contributed by atoms with Crippen molar-refractivity contribution in [1.82, 2.24) is 14.5 Å². The summed E-state index contributed by atoms with van der Waals surface area (Å²) in [6.45, 7) is 4.16. The topological polar surface area (TPSA) is 104 Å². The number of rotatable bonds is 10. The fourth-order valence-electron chi connectivity index (χ4n) is 3.97. The molecule has 2 aromatic rings. The lowest BCUT2D eigenvalue weighted by Crippen LogP contribution is -2.49. The summed E-state index contributed by atoms with van der Waals surface area (Å²) in [5, 5.41) is 3.33. The fourth-order valence-corrected chi connectivity index (χ4v) is 5.70. The smallest absolute Gasteiger partial charge is 0.269 e. The van der Waals surface area contributed by atoms with Crippen molar-refractivity contribution in [2.24, 2.45) is 0 Å². The van der Waals surface area contributed by atoms with Crippen molar-refractivity contribution >= 4 is 39.3 Å². The van der Waals surface area contributed by atoms with Gasteiger partial charge >= 0.3 is 0 Å². The van der Waals surface area contributed by atoms with Gasteiger partial charge in [-0.2, -0.15) is 0 Å². The van der Waals surface area contributed by atoms with Crippen LogP contribution in [0.2, 0.25) is 5.02 Å². The van der Waals surface area contributed by atoms with Crippen LogP contribution in [0.3, 0.4) is 0 Å². The predicted octanol–water partition coefficient (Wildman–Crippen LogP) is 3.21. The Morgan fingerprint density at radius 3 is 2.38 bits per heavy atom. The molecule has 10 heteroatoms. The third kappa shape index (κ3) is 5.42. The van der Waals surface area contributed by atoms with Crippen molar-refractivity contribution < 1.29 is 22.8 Å². The van der Waals surface area contributed by atoms with Crippen molar-refractivity contribution in [3.05, 3.63) is 64.7 Å². The first-order valence-corrected chi connectivity index (χ1v) is 13.0. The molecule has 1 N–H and O–H groups in total. The van der Waals surface area contributed by atoms with E-state index in [2.05, 4.69) is 5.32 Å². The van der Waals surface area contributed by atoms with Crippen molar-refractivity contribution in [3.63, 3.8) is 0 Å². The van der Waals surface area contributed by atoms with Gasteiger partial charge in [-0.05, 0) is 49.6 Å². The van der Waals surface area contributed by atoms with Crippen LogP contribution >= 0.6 is 11.6 Å². The second kappa shape index (κ2) is 11.0. The van der Waals surface area contributed by atoms with Gasteiger partial charge in [-0.3, -0.25) is 14.4 Å². The number of hydrogen-bond donors (Lipinski definition) is 1. The Morgan fingerprint density at radius 1 is 1.09 bits per heavy atom. The Hall–Kier alpha value is -2.91. The predicted molar refractivity (Wildman–Crippen MR) is 129 cm³/mol. The summed E-state index contributed by atoms with van der Waals surface area (Å²) in [4.78, 5) is 40.0. The third-order valence-electron chi connectivity index (χ3n) is 5.67. The van der Waals surface area contributed by atoms with Gasteiger partial charge in [-0.1, -0.05) is 42.8 Å². The molecule has 0 radical (unpaired) electrons. The van der Waals surface area contributed by atoms with Crippen LogP contribution in [0.4, 0.5) is 0 Å². The first kappa shape index (κ1) is 25.7. The molecule has 0 spiro atoms. The number of nitrogens with zero attached hydrogens (tertiary/aromatic N) is 2. The number of carbonyl (C=O) groups excluding carboxylic acids is 3. The third-order valence-corrected chi connectivity index (χ3v) is 7.76.